The van der Waals surface area contributed by atoms with Crippen molar-refractivity contribution < 1.29 is 21.5 Å². The lowest BCUT2D eigenvalue weighted by molar-refractivity contribution is -0.936. The number of halogens is 1. The number of hydrogen-bond acceptors (Lipinski definition) is 1. The Morgan fingerprint density at radius 1 is 0.938 bits per heavy atom. The smallest absolute Gasteiger partial charge is 0.104 e. The molecule has 0 saturated carbocycles. The maximum Gasteiger partial charge on any atom is 0.104 e. The van der Waals surface area contributed by atoms with Crippen LogP contribution >= 0.6 is 0 Å². The van der Waals surface area contributed by atoms with Crippen molar-refractivity contribution in [3.63, 3.8) is 0 Å². The number of nitrogens with zero attached hydrogens (tertiary/aromatic N) is 1. The minimum absolute atomic E-state index is 0. The molecule has 0 radical (unpaired) electrons. The van der Waals surface area contributed by atoms with Crippen LogP contribution in [-0.4, -0.2) is 24.1 Å². The second-order valence-corrected chi connectivity index (χ2v) is 4.19. The maximum atomic E-state index is 5.68. The van der Waals surface area contributed by atoms with Gasteiger partial charge >= 0.3 is 0 Å². The van der Waals surface area contributed by atoms with Crippen LogP contribution in [-0.2, 0) is 6.54 Å². The standard InChI is InChI=1S/C13H23N2.BrH/c1-4-15(5-2,6-3)11-12-7-9-13(14)10-8-12;/h7-10H,4-6,11,14H2,1-3H3;1H/q+1;/p-1. The number of nitrogen functional groups attached to an aromatic ring is 1. The lowest BCUT2D eigenvalue weighted by atomic mass is 10.1. The van der Waals surface area contributed by atoms with E-state index in [1.165, 1.54) is 25.2 Å². The van der Waals surface area contributed by atoms with Gasteiger partial charge in [0.2, 0.25) is 0 Å². The Balaban J connectivity index is 0.00000225. The van der Waals surface area contributed by atoms with Crippen molar-refractivity contribution in [1.82, 2.24) is 0 Å². The monoisotopic (exact) mass is 286 g/mol. The molecule has 1 rings (SSSR count). The largest absolute Gasteiger partial charge is 1.00 e. The van der Waals surface area contributed by atoms with Crippen molar-refractivity contribution in [2.75, 3.05) is 25.4 Å². The Labute approximate surface area is 110 Å². The van der Waals surface area contributed by atoms with Gasteiger partial charge in [-0.15, -0.1) is 0 Å². The fourth-order valence-corrected chi connectivity index (χ4v) is 2.02. The molecule has 0 aromatic heterocycles. The summed E-state index contributed by atoms with van der Waals surface area (Å²) in [5.41, 5.74) is 7.92. The lowest BCUT2D eigenvalue weighted by Gasteiger charge is -2.35. The van der Waals surface area contributed by atoms with Crippen molar-refractivity contribution in [2.45, 2.75) is 27.3 Å². The zero-order valence-corrected chi connectivity index (χ0v) is 12.1. The van der Waals surface area contributed by atoms with Gasteiger partial charge in [-0.05, 0) is 32.9 Å². The number of anilines is 1. The van der Waals surface area contributed by atoms with E-state index < -0.39 is 0 Å². The molecule has 0 saturated heterocycles. The van der Waals surface area contributed by atoms with Crippen LogP contribution in [0.4, 0.5) is 5.69 Å². The van der Waals surface area contributed by atoms with E-state index in [1.54, 1.807) is 0 Å². The third-order valence-corrected chi connectivity index (χ3v) is 3.51. The summed E-state index contributed by atoms with van der Waals surface area (Å²) in [4.78, 5) is 0. The highest BCUT2D eigenvalue weighted by Gasteiger charge is 2.20. The maximum absolute atomic E-state index is 5.68. The fraction of sp³-hybridized carbons (Fsp3) is 0.538. The van der Waals surface area contributed by atoms with Crippen LogP contribution in [0.15, 0.2) is 24.3 Å². The Hall–Kier alpha value is -0.540. The lowest BCUT2D eigenvalue weighted by Crippen LogP contribution is -3.00. The number of rotatable bonds is 5. The van der Waals surface area contributed by atoms with Gasteiger partial charge in [0.15, 0.2) is 0 Å². The summed E-state index contributed by atoms with van der Waals surface area (Å²) in [6.07, 6.45) is 0. The van der Waals surface area contributed by atoms with E-state index in [2.05, 4.69) is 32.9 Å². The molecule has 0 atom stereocenters. The molecule has 0 fully saturated rings. The van der Waals surface area contributed by atoms with Crippen LogP contribution in [0, 0.1) is 0 Å². The molecule has 2 nitrogen and oxygen atoms in total. The van der Waals surface area contributed by atoms with Gasteiger partial charge in [-0.2, -0.15) is 0 Å². The van der Waals surface area contributed by atoms with E-state index >= 15 is 0 Å². The van der Waals surface area contributed by atoms with Gasteiger partial charge in [-0.3, -0.25) is 0 Å². The van der Waals surface area contributed by atoms with Gasteiger partial charge in [0.25, 0.3) is 0 Å². The van der Waals surface area contributed by atoms with Gasteiger partial charge in [0.1, 0.15) is 6.54 Å². The average Bonchev–Trinajstić information content (AvgIpc) is 2.29. The molecule has 16 heavy (non-hydrogen) atoms. The Kier molecular flexibility index (Phi) is 6.68. The van der Waals surface area contributed by atoms with Gasteiger partial charge in [-0.1, -0.05) is 12.1 Å². The van der Waals surface area contributed by atoms with Gasteiger partial charge in [0, 0.05) is 11.3 Å². The summed E-state index contributed by atoms with van der Waals surface area (Å²) in [6.45, 7) is 11.5. The highest BCUT2D eigenvalue weighted by Crippen LogP contribution is 2.15. The highest BCUT2D eigenvalue weighted by molar-refractivity contribution is 5.39. The minimum Gasteiger partial charge on any atom is -1.00 e. The predicted molar refractivity (Wildman–Crippen MR) is 66.4 cm³/mol. The highest BCUT2D eigenvalue weighted by atomic mass is 79.9. The number of quaternary nitrogens is 1. The quantitative estimate of drug-likeness (QED) is 0.581. The first kappa shape index (κ1) is 15.5. The third-order valence-electron chi connectivity index (χ3n) is 3.51. The van der Waals surface area contributed by atoms with Crippen molar-refractivity contribution in [3.05, 3.63) is 29.8 Å². The molecule has 2 N–H and O–H groups in total. The zero-order valence-electron chi connectivity index (χ0n) is 10.5. The van der Waals surface area contributed by atoms with Crippen LogP contribution in [0.2, 0.25) is 0 Å². The number of benzene rings is 1. The molecule has 1 aromatic carbocycles. The van der Waals surface area contributed by atoms with Crippen LogP contribution in [0.3, 0.4) is 0 Å². The van der Waals surface area contributed by atoms with Crippen molar-refractivity contribution >= 4 is 5.69 Å². The molecular weight excluding hydrogens is 264 g/mol. The number of nitrogens with two attached hydrogens (primary N) is 1. The zero-order chi connectivity index (χ0) is 11.3. The van der Waals surface area contributed by atoms with E-state index in [9.17, 15) is 0 Å². The summed E-state index contributed by atoms with van der Waals surface area (Å²) >= 11 is 0. The Morgan fingerprint density at radius 2 is 1.38 bits per heavy atom. The first-order valence-electron chi connectivity index (χ1n) is 5.85. The van der Waals surface area contributed by atoms with Crippen molar-refractivity contribution in [1.29, 1.82) is 0 Å². The minimum atomic E-state index is 0. The SMILES string of the molecule is CC[N+](CC)(CC)Cc1ccc(N)cc1.[Br-]. The van der Waals surface area contributed by atoms with Crippen LogP contribution < -0.4 is 22.7 Å². The van der Waals surface area contributed by atoms with Gasteiger partial charge in [-0.25, -0.2) is 0 Å². The summed E-state index contributed by atoms with van der Waals surface area (Å²) in [5, 5.41) is 0. The first-order chi connectivity index (χ1) is 7.15. The van der Waals surface area contributed by atoms with Gasteiger partial charge < -0.3 is 27.2 Å². The molecule has 0 spiro atoms. The average molecular weight is 287 g/mol. The molecule has 0 amide bonds. The molecule has 0 aliphatic carbocycles. The van der Waals surface area contributed by atoms with Crippen LogP contribution in [0.25, 0.3) is 0 Å². The van der Waals surface area contributed by atoms with Crippen LogP contribution in [0.1, 0.15) is 26.3 Å². The van der Waals surface area contributed by atoms with Crippen molar-refractivity contribution in [2.24, 2.45) is 0 Å². The van der Waals surface area contributed by atoms with E-state index in [0.717, 1.165) is 16.7 Å². The van der Waals surface area contributed by atoms with E-state index in [-0.39, 0.29) is 17.0 Å². The van der Waals surface area contributed by atoms with Crippen molar-refractivity contribution in [3.8, 4) is 0 Å². The second-order valence-electron chi connectivity index (χ2n) is 4.19. The van der Waals surface area contributed by atoms with Crippen LogP contribution in [0.5, 0.6) is 0 Å². The fourth-order valence-electron chi connectivity index (χ4n) is 2.02. The molecule has 92 valence electrons. The molecule has 1 aromatic rings. The summed E-state index contributed by atoms with van der Waals surface area (Å²) in [7, 11) is 0. The molecule has 0 bridgehead atoms. The van der Waals surface area contributed by atoms with E-state index in [4.69, 9.17) is 5.73 Å². The summed E-state index contributed by atoms with van der Waals surface area (Å²) < 4.78 is 1.16. The molecular formula is C13H23BrN2. The molecule has 0 unspecified atom stereocenters. The predicted octanol–water partition coefficient (Wildman–Crippen LogP) is -0.351. The summed E-state index contributed by atoms with van der Waals surface area (Å²) in [5.74, 6) is 0. The number of hydrogen-bond donors (Lipinski definition) is 1. The van der Waals surface area contributed by atoms with E-state index in [0.29, 0.717) is 0 Å². The third kappa shape index (κ3) is 3.80. The molecule has 0 aliphatic rings. The topological polar surface area (TPSA) is 26.0 Å². The second kappa shape index (κ2) is 6.92. The summed E-state index contributed by atoms with van der Waals surface area (Å²) in [6, 6.07) is 8.27. The Morgan fingerprint density at radius 3 is 1.75 bits per heavy atom. The Bertz CT molecular complexity index is 283. The van der Waals surface area contributed by atoms with Gasteiger partial charge in [0.05, 0.1) is 19.6 Å². The first-order valence-corrected chi connectivity index (χ1v) is 5.85. The normalized spacial score (nSPS) is 10.9. The molecule has 3 heteroatoms. The molecule has 0 heterocycles. The molecule has 0 aliphatic heterocycles. The van der Waals surface area contributed by atoms with E-state index in [1.807, 2.05) is 12.1 Å².